The van der Waals surface area contributed by atoms with Gasteiger partial charge >= 0.3 is 0 Å². The minimum atomic E-state index is -0.120. The Balaban J connectivity index is 2.07. The van der Waals surface area contributed by atoms with Crippen LogP contribution in [0.4, 0.5) is 5.69 Å². The van der Waals surface area contributed by atoms with Gasteiger partial charge in [0.2, 0.25) is 0 Å². The van der Waals surface area contributed by atoms with Crippen molar-refractivity contribution in [3.8, 4) is 0 Å². The van der Waals surface area contributed by atoms with Gasteiger partial charge in [-0.1, -0.05) is 11.6 Å². The zero-order chi connectivity index (χ0) is 13.1. The molecule has 18 heavy (non-hydrogen) atoms. The normalized spacial score (nSPS) is 18.9. The van der Waals surface area contributed by atoms with Crippen molar-refractivity contribution >= 4 is 23.2 Å². The molecule has 1 aliphatic heterocycles. The van der Waals surface area contributed by atoms with Crippen LogP contribution < -0.4 is 5.73 Å². The van der Waals surface area contributed by atoms with E-state index >= 15 is 0 Å². The first-order valence-electron chi connectivity index (χ1n) is 6.00. The van der Waals surface area contributed by atoms with Crippen molar-refractivity contribution in [1.82, 2.24) is 4.90 Å². The second-order valence-corrected chi connectivity index (χ2v) is 4.99. The maximum atomic E-state index is 12.2. The fraction of sp³-hybridized carbons (Fsp3) is 0.462. The van der Waals surface area contributed by atoms with E-state index in [0.717, 1.165) is 19.4 Å². The molecule has 2 N–H and O–H groups in total. The number of carbonyl (C=O) groups excluding carboxylic acids is 1. The summed E-state index contributed by atoms with van der Waals surface area (Å²) in [6.07, 6.45) is 2.20. The van der Waals surface area contributed by atoms with Crippen molar-refractivity contribution in [3.05, 3.63) is 28.8 Å². The largest absolute Gasteiger partial charge is 0.398 e. The minimum absolute atomic E-state index is 0.120. The van der Waals surface area contributed by atoms with Crippen LogP contribution in [-0.4, -0.2) is 37.1 Å². The number of halogens is 1. The van der Waals surface area contributed by atoms with E-state index in [9.17, 15) is 4.79 Å². The van der Waals surface area contributed by atoms with E-state index in [2.05, 4.69) is 0 Å². The topological polar surface area (TPSA) is 55.6 Å². The van der Waals surface area contributed by atoms with Gasteiger partial charge in [0.25, 0.3) is 5.91 Å². The van der Waals surface area contributed by atoms with Crippen LogP contribution in [0, 0.1) is 0 Å². The summed E-state index contributed by atoms with van der Waals surface area (Å²) in [5, 5.41) is 0.512. The number of nitrogens with two attached hydrogens (primary N) is 1. The lowest BCUT2D eigenvalue weighted by Gasteiger charge is -2.21. The highest BCUT2D eigenvalue weighted by atomic mass is 35.5. The Labute approximate surface area is 112 Å². The van der Waals surface area contributed by atoms with Gasteiger partial charge in [-0.2, -0.15) is 0 Å². The third kappa shape index (κ3) is 2.94. The SMILES string of the molecule is CN(CC1CCCO1)C(=O)c1cc(Cl)ccc1N. The van der Waals surface area contributed by atoms with Gasteiger partial charge in [0.15, 0.2) is 0 Å². The molecule has 1 unspecified atom stereocenters. The number of anilines is 1. The zero-order valence-corrected chi connectivity index (χ0v) is 11.1. The molecule has 1 aromatic rings. The fourth-order valence-corrected chi connectivity index (χ4v) is 2.27. The molecule has 1 saturated heterocycles. The number of carbonyl (C=O) groups is 1. The maximum Gasteiger partial charge on any atom is 0.255 e. The molecule has 98 valence electrons. The Morgan fingerprint density at radius 3 is 3.06 bits per heavy atom. The van der Waals surface area contributed by atoms with Gasteiger partial charge in [-0.3, -0.25) is 4.79 Å². The predicted molar refractivity (Wildman–Crippen MR) is 71.8 cm³/mol. The highest BCUT2D eigenvalue weighted by molar-refractivity contribution is 6.31. The molecule has 0 bridgehead atoms. The first-order valence-corrected chi connectivity index (χ1v) is 6.38. The second kappa shape index (κ2) is 5.59. The number of hydrogen-bond donors (Lipinski definition) is 1. The molecule has 1 heterocycles. The molecule has 1 fully saturated rings. The highest BCUT2D eigenvalue weighted by Crippen LogP contribution is 2.20. The zero-order valence-electron chi connectivity index (χ0n) is 10.4. The van der Waals surface area contributed by atoms with Crippen molar-refractivity contribution in [2.75, 3.05) is 25.9 Å². The van der Waals surface area contributed by atoms with E-state index in [1.54, 1.807) is 30.1 Å². The summed E-state index contributed by atoms with van der Waals surface area (Å²) in [5.74, 6) is -0.120. The summed E-state index contributed by atoms with van der Waals surface area (Å²) in [5.41, 5.74) is 6.69. The van der Waals surface area contributed by atoms with Crippen LogP contribution in [0.5, 0.6) is 0 Å². The van der Waals surface area contributed by atoms with Gasteiger partial charge in [-0.15, -0.1) is 0 Å². The Morgan fingerprint density at radius 1 is 1.61 bits per heavy atom. The minimum Gasteiger partial charge on any atom is -0.398 e. The van der Waals surface area contributed by atoms with Gasteiger partial charge in [-0.25, -0.2) is 0 Å². The van der Waals surface area contributed by atoms with Crippen molar-refractivity contribution in [1.29, 1.82) is 0 Å². The molecule has 1 aliphatic rings. The molecular formula is C13H17ClN2O2. The van der Waals surface area contributed by atoms with Crippen molar-refractivity contribution in [2.24, 2.45) is 0 Å². The lowest BCUT2D eigenvalue weighted by Crippen LogP contribution is -2.34. The van der Waals surface area contributed by atoms with Crippen molar-refractivity contribution in [3.63, 3.8) is 0 Å². The number of rotatable bonds is 3. The summed E-state index contributed by atoms with van der Waals surface area (Å²) in [4.78, 5) is 13.9. The van der Waals surface area contributed by atoms with Gasteiger partial charge in [0, 0.05) is 30.9 Å². The van der Waals surface area contributed by atoms with Gasteiger partial charge in [-0.05, 0) is 31.0 Å². The molecule has 1 amide bonds. The van der Waals surface area contributed by atoms with Crippen LogP contribution >= 0.6 is 11.6 Å². The number of benzene rings is 1. The smallest absolute Gasteiger partial charge is 0.255 e. The Hall–Kier alpha value is -1.26. The number of nitrogens with zero attached hydrogens (tertiary/aromatic N) is 1. The van der Waals surface area contributed by atoms with E-state index in [1.807, 2.05) is 0 Å². The van der Waals surface area contributed by atoms with E-state index in [1.165, 1.54) is 0 Å². The average molecular weight is 269 g/mol. The average Bonchev–Trinajstić information content (AvgIpc) is 2.84. The number of likely N-dealkylation sites (N-methyl/N-ethyl adjacent to an activating group) is 1. The first kappa shape index (κ1) is 13.2. The lowest BCUT2D eigenvalue weighted by atomic mass is 10.1. The van der Waals surface area contributed by atoms with Crippen LogP contribution in [0.25, 0.3) is 0 Å². The molecule has 0 spiro atoms. The summed E-state index contributed by atoms with van der Waals surface area (Å²) < 4.78 is 5.51. The number of ether oxygens (including phenoxy) is 1. The Morgan fingerprint density at radius 2 is 2.39 bits per heavy atom. The standard InChI is InChI=1S/C13H17ClN2O2/c1-16(8-10-3-2-6-18-10)13(17)11-7-9(14)4-5-12(11)15/h4-5,7,10H,2-3,6,8,15H2,1H3. The van der Waals surface area contributed by atoms with Crippen LogP contribution in [-0.2, 0) is 4.74 Å². The van der Waals surface area contributed by atoms with E-state index in [4.69, 9.17) is 22.1 Å². The molecule has 0 aliphatic carbocycles. The molecule has 2 rings (SSSR count). The number of amides is 1. The molecule has 5 heteroatoms. The molecule has 0 saturated carbocycles. The Bertz CT molecular complexity index is 445. The lowest BCUT2D eigenvalue weighted by molar-refractivity contribution is 0.0588. The maximum absolute atomic E-state index is 12.2. The quantitative estimate of drug-likeness (QED) is 0.855. The Kier molecular flexibility index (Phi) is 4.09. The summed E-state index contributed by atoms with van der Waals surface area (Å²) in [6, 6.07) is 4.93. The molecule has 4 nitrogen and oxygen atoms in total. The van der Waals surface area contributed by atoms with Crippen LogP contribution in [0.3, 0.4) is 0 Å². The van der Waals surface area contributed by atoms with Crippen LogP contribution in [0.2, 0.25) is 5.02 Å². The fourth-order valence-electron chi connectivity index (χ4n) is 2.10. The number of nitrogen functional groups attached to an aromatic ring is 1. The summed E-state index contributed by atoms with van der Waals surface area (Å²) in [6.45, 7) is 1.37. The first-order chi connectivity index (χ1) is 8.58. The number of hydrogen-bond acceptors (Lipinski definition) is 3. The van der Waals surface area contributed by atoms with Gasteiger partial charge in [0.05, 0.1) is 11.7 Å². The second-order valence-electron chi connectivity index (χ2n) is 4.55. The highest BCUT2D eigenvalue weighted by Gasteiger charge is 2.21. The summed E-state index contributed by atoms with van der Waals surface area (Å²) in [7, 11) is 1.75. The van der Waals surface area contributed by atoms with Crippen molar-refractivity contribution < 1.29 is 9.53 Å². The third-order valence-corrected chi connectivity index (χ3v) is 3.33. The molecule has 1 atom stereocenters. The van der Waals surface area contributed by atoms with E-state index in [-0.39, 0.29) is 12.0 Å². The molecule has 1 aromatic carbocycles. The van der Waals surface area contributed by atoms with Crippen LogP contribution in [0.1, 0.15) is 23.2 Å². The van der Waals surface area contributed by atoms with Gasteiger partial charge in [0.1, 0.15) is 0 Å². The monoisotopic (exact) mass is 268 g/mol. The van der Waals surface area contributed by atoms with E-state index < -0.39 is 0 Å². The predicted octanol–water partition coefficient (Wildman–Crippen LogP) is 2.17. The summed E-state index contributed by atoms with van der Waals surface area (Å²) >= 11 is 5.88. The van der Waals surface area contributed by atoms with Crippen LogP contribution in [0.15, 0.2) is 18.2 Å². The molecular weight excluding hydrogens is 252 g/mol. The molecule has 0 aromatic heterocycles. The van der Waals surface area contributed by atoms with Gasteiger partial charge < -0.3 is 15.4 Å². The molecule has 0 radical (unpaired) electrons. The van der Waals surface area contributed by atoms with E-state index in [0.29, 0.717) is 22.8 Å². The van der Waals surface area contributed by atoms with Crippen molar-refractivity contribution in [2.45, 2.75) is 18.9 Å². The third-order valence-electron chi connectivity index (χ3n) is 3.09.